The van der Waals surface area contributed by atoms with Gasteiger partial charge in [-0.05, 0) is 0 Å². The zero-order chi connectivity index (χ0) is 14.6. The Balaban J connectivity index is 2.23. The van der Waals surface area contributed by atoms with Crippen LogP contribution in [0.25, 0.3) is 0 Å². The van der Waals surface area contributed by atoms with Gasteiger partial charge in [0.05, 0.1) is 0 Å². The van der Waals surface area contributed by atoms with Gasteiger partial charge in [0.2, 0.25) is 0 Å². The Morgan fingerprint density at radius 1 is 1.40 bits per heavy atom. The first kappa shape index (κ1) is 15.8. The number of hydrogen-bond donors (Lipinski definition) is 3. The van der Waals surface area contributed by atoms with E-state index in [1.54, 1.807) is 12.3 Å². The van der Waals surface area contributed by atoms with Crippen LogP contribution in [-0.2, 0) is 4.79 Å². The van der Waals surface area contributed by atoms with Gasteiger partial charge in [0.15, 0.2) is 0 Å². The van der Waals surface area contributed by atoms with Crippen LogP contribution in [0, 0.1) is 0 Å². The van der Waals surface area contributed by atoms with E-state index in [1.807, 2.05) is 6.08 Å². The number of carbonyl (C=O) groups is 1. The fourth-order valence-electron chi connectivity index (χ4n) is 2.50. The molecule has 1 fully saturated rings. The molecule has 110 valence electrons. The molecule has 4 N–H and O–H groups in total. The molecule has 0 saturated heterocycles. The fourth-order valence-corrected chi connectivity index (χ4v) is 5.35. The quantitative estimate of drug-likeness (QED) is 0.613. The normalized spacial score (nSPS) is 31.0. The summed E-state index contributed by atoms with van der Waals surface area (Å²) in [4.78, 5) is 11.3. The molecule has 1 saturated carbocycles. The van der Waals surface area contributed by atoms with Crippen LogP contribution in [0.15, 0.2) is 32.9 Å². The number of nitrogens with two attached hydrogens (primary N) is 1. The maximum absolute atomic E-state index is 11.3. The summed E-state index contributed by atoms with van der Waals surface area (Å²) in [6, 6.07) is 0. The van der Waals surface area contributed by atoms with Gasteiger partial charge in [-0.1, -0.05) is 0 Å². The standard InChI is InChI=1S/C14H19BrN2O2Se/c15-11-6-4-5-10(13(16)18)9-17-20-12(11)14(19)7-2-1-3-8-14/h4-5,9,17,19H,1-3,6-8H2,(H2,16,18)/b5-4-,10-9+,12-11+. The van der Waals surface area contributed by atoms with Crippen LogP contribution < -0.4 is 10.1 Å². The molecule has 0 unspecified atom stereocenters. The van der Waals surface area contributed by atoms with Crippen molar-refractivity contribution < 1.29 is 9.90 Å². The number of rotatable bonds is 2. The molecular weight excluding hydrogens is 387 g/mol. The van der Waals surface area contributed by atoms with E-state index in [0.717, 1.165) is 34.6 Å². The van der Waals surface area contributed by atoms with Gasteiger partial charge in [0.25, 0.3) is 0 Å². The predicted octanol–water partition coefficient (Wildman–Crippen LogP) is 1.83. The number of hydrogen-bond acceptors (Lipinski definition) is 3. The summed E-state index contributed by atoms with van der Waals surface area (Å²) < 4.78 is 5.23. The first-order chi connectivity index (χ1) is 9.53. The zero-order valence-electron chi connectivity index (χ0n) is 11.2. The van der Waals surface area contributed by atoms with Crippen LogP contribution in [0.5, 0.6) is 0 Å². The van der Waals surface area contributed by atoms with Crippen molar-refractivity contribution in [3.8, 4) is 0 Å². The maximum atomic E-state index is 11.3. The van der Waals surface area contributed by atoms with Crippen molar-refractivity contribution in [3.63, 3.8) is 0 Å². The van der Waals surface area contributed by atoms with Crippen molar-refractivity contribution >= 4 is 37.0 Å². The SMILES string of the molecule is NC(=O)C1=C/N[Se]/C(C2(O)CCCCC2)=C(/Br)C/C=C\1. The van der Waals surface area contributed by atoms with E-state index >= 15 is 0 Å². The zero-order valence-corrected chi connectivity index (χ0v) is 14.5. The van der Waals surface area contributed by atoms with Crippen LogP contribution in [0.1, 0.15) is 38.5 Å². The third-order valence-corrected chi connectivity index (χ3v) is 7.15. The summed E-state index contributed by atoms with van der Waals surface area (Å²) in [6.45, 7) is 0. The van der Waals surface area contributed by atoms with E-state index in [0.29, 0.717) is 12.0 Å². The number of primary amides is 1. The van der Waals surface area contributed by atoms with Gasteiger partial charge < -0.3 is 0 Å². The van der Waals surface area contributed by atoms with Gasteiger partial charge >= 0.3 is 134 Å². The molecule has 0 aromatic carbocycles. The summed E-state index contributed by atoms with van der Waals surface area (Å²) in [6.07, 6.45) is 10.9. The molecular formula is C14H19BrN2O2Se. The monoisotopic (exact) mass is 406 g/mol. The number of amides is 1. The first-order valence-corrected chi connectivity index (χ1v) is 9.24. The van der Waals surface area contributed by atoms with Crippen LogP contribution in [-0.4, -0.2) is 31.8 Å². The van der Waals surface area contributed by atoms with E-state index in [1.165, 1.54) is 6.42 Å². The van der Waals surface area contributed by atoms with Gasteiger partial charge in [-0.25, -0.2) is 0 Å². The molecule has 0 radical (unpaired) electrons. The summed E-state index contributed by atoms with van der Waals surface area (Å²) in [7, 11) is 0. The van der Waals surface area contributed by atoms with Crippen molar-refractivity contribution in [2.24, 2.45) is 5.73 Å². The third-order valence-electron chi connectivity index (χ3n) is 3.60. The average molecular weight is 406 g/mol. The number of nitrogens with one attached hydrogen (secondary N) is 1. The Kier molecular flexibility index (Phi) is 5.49. The Hall–Kier alpha value is -0.551. The van der Waals surface area contributed by atoms with E-state index in [-0.39, 0.29) is 15.2 Å². The number of allylic oxidation sites excluding steroid dienone is 2. The number of aliphatic hydroxyl groups is 1. The topological polar surface area (TPSA) is 75.4 Å². The molecule has 1 heterocycles. The molecule has 20 heavy (non-hydrogen) atoms. The van der Waals surface area contributed by atoms with Crippen LogP contribution in [0.4, 0.5) is 0 Å². The summed E-state index contributed by atoms with van der Waals surface area (Å²) in [5, 5.41) is 10.9. The third kappa shape index (κ3) is 3.76. The summed E-state index contributed by atoms with van der Waals surface area (Å²) in [5.41, 5.74) is 5.07. The van der Waals surface area contributed by atoms with Crippen LogP contribution in [0.2, 0.25) is 0 Å². The molecule has 0 spiro atoms. The van der Waals surface area contributed by atoms with Crippen LogP contribution in [0.3, 0.4) is 0 Å². The second-order valence-corrected chi connectivity index (χ2v) is 7.85. The Bertz CT molecular complexity index is 480. The van der Waals surface area contributed by atoms with Gasteiger partial charge in [-0.15, -0.1) is 0 Å². The Labute approximate surface area is 134 Å². The molecule has 0 bridgehead atoms. The molecule has 4 nitrogen and oxygen atoms in total. The van der Waals surface area contributed by atoms with Gasteiger partial charge in [-0.3, -0.25) is 0 Å². The number of carbonyl (C=O) groups excluding carboxylic acids is 1. The molecule has 0 aromatic rings. The molecule has 6 heteroatoms. The summed E-state index contributed by atoms with van der Waals surface area (Å²) >= 11 is 3.51. The molecule has 0 aromatic heterocycles. The molecule has 1 aliphatic carbocycles. The molecule has 0 atom stereocenters. The average Bonchev–Trinajstić information content (AvgIpc) is 2.50. The van der Waals surface area contributed by atoms with Gasteiger partial charge in [0, 0.05) is 0 Å². The summed E-state index contributed by atoms with van der Waals surface area (Å²) in [5.74, 6) is -0.444. The Morgan fingerprint density at radius 3 is 2.75 bits per heavy atom. The van der Waals surface area contributed by atoms with Crippen LogP contribution >= 0.6 is 15.9 Å². The molecule has 1 aliphatic heterocycles. The molecule has 2 rings (SSSR count). The minimum absolute atomic E-state index is 0.0996. The second kappa shape index (κ2) is 6.94. The van der Waals surface area contributed by atoms with E-state index in [2.05, 4.69) is 20.3 Å². The van der Waals surface area contributed by atoms with E-state index < -0.39 is 11.5 Å². The minimum atomic E-state index is -0.705. The molecule has 1 amide bonds. The van der Waals surface area contributed by atoms with Crippen molar-refractivity contribution in [1.82, 2.24) is 4.33 Å². The van der Waals surface area contributed by atoms with Gasteiger partial charge in [-0.2, -0.15) is 0 Å². The fraction of sp³-hybridized carbons (Fsp3) is 0.500. The second-order valence-electron chi connectivity index (χ2n) is 5.12. The van der Waals surface area contributed by atoms with Crippen molar-refractivity contribution in [2.45, 2.75) is 44.1 Å². The van der Waals surface area contributed by atoms with E-state index in [4.69, 9.17) is 5.73 Å². The first-order valence-electron chi connectivity index (χ1n) is 6.73. The van der Waals surface area contributed by atoms with Crippen molar-refractivity contribution in [2.75, 3.05) is 0 Å². The van der Waals surface area contributed by atoms with E-state index in [9.17, 15) is 9.90 Å². The predicted molar refractivity (Wildman–Crippen MR) is 83.9 cm³/mol. The number of halogens is 1. The van der Waals surface area contributed by atoms with Crippen molar-refractivity contribution in [3.05, 3.63) is 32.9 Å². The Morgan fingerprint density at radius 2 is 2.10 bits per heavy atom. The van der Waals surface area contributed by atoms with Crippen molar-refractivity contribution in [1.29, 1.82) is 0 Å². The van der Waals surface area contributed by atoms with Gasteiger partial charge in [0.1, 0.15) is 0 Å². The molecule has 2 aliphatic rings.